The Morgan fingerprint density at radius 1 is 1.30 bits per heavy atom. The maximum absolute atomic E-state index is 11.9. The number of rotatable bonds is 6. The molecule has 0 aromatic heterocycles. The van der Waals surface area contributed by atoms with Crippen LogP contribution in [0.3, 0.4) is 0 Å². The van der Waals surface area contributed by atoms with Gasteiger partial charge in [-0.1, -0.05) is 20.8 Å². The lowest BCUT2D eigenvalue weighted by atomic mass is 9.96. The highest BCUT2D eigenvalue weighted by molar-refractivity contribution is 7.90. The highest BCUT2D eigenvalue weighted by Crippen LogP contribution is 2.14. The maximum atomic E-state index is 11.9. The second-order valence-electron chi connectivity index (χ2n) is 6.18. The van der Waals surface area contributed by atoms with Crippen LogP contribution in [0.25, 0.3) is 0 Å². The van der Waals surface area contributed by atoms with Crippen LogP contribution in [0.5, 0.6) is 0 Å². The summed E-state index contributed by atoms with van der Waals surface area (Å²) in [5.74, 6) is -1.53. The predicted octanol–water partition coefficient (Wildman–Crippen LogP) is 0.562. The van der Waals surface area contributed by atoms with Crippen LogP contribution in [0.1, 0.15) is 27.2 Å². The first kappa shape index (κ1) is 18.7. The molecular formula is C12H24N2O5S. The molecule has 0 aromatic rings. The number of urea groups is 1. The van der Waals surface area contributed by atoms with Gasteiger partial charge in [0.05, 0.1) is 5.75 Å². The van der Waals surface area contributed by atoms with Crippen LogP contribution < -0.4 is 5.32 Å². The molecule has 0 aliphatic carbocycles. The number of hydrogen-bond donors (Lipinski definition) is 2. The number of nitrogens with zero attached hydrogens (tertiary/aromatic N) is 1. The van der Waals surface area contributed by atoms with E-state index >= 15 is 0 Å². The number of nitrogens with one attached hydrogen (secondary N) is 1. The summed E-state index contributed by atoms with van der Waals surface area (Å²) in [5, 5.41) is 11.3. The molecule has 0 aliphatic rings. The van der Waals surface area contributed by atoms with Gasteiger partial charge in [0.15, 0.2) is 0 Å². The van der Waals surface area contributed by atoms with Crippen LogP contribution in [0.15, 0.2) is 0 Å². The largest absolute Gasteiger partial charge is 0.480 e. The summed E-state index contributed by atoms with van der Waals surface area (Å²) in [7, 11) is -1.70. The van der Waals surface area contributed by atoms with Crippen LogP contribution in [-0.2, 0) is 14.6 Å². The van der Waals surface area contributed by atoms with Crippen molar-refractivity contribution in [1.29, 1.82) is 0 Å². The zero-order chi connectivity index (χ0) is 16.1. The van der Waals surface area contributed by atoms with Crippen molar-refractivity contribution in [2.45, 2.75) is 33.2 Å². The Balaban J connectivity index is 4.60. The summed E-state index contributed by atoms with van der Waals surface area (Å²) >= 11 is 0. The average molecular weight is 308 g/mol. The molecule has 2 N–H and O–H groups in total. The summed E-state index contributed by atoms with van der Waals surface area (Å²) in [5.41, 5.74) is -0.114. The zero-order valence-electron chi connectivity index (χ0n) is 12.6. The number of hydrogen-bond acceptors (Lipinski definition) is 4. The fourth-order valence-electron chi connectivity index (χ4n) is 1.63. The third kappa shape index (κ3) is 8.73. The number of carboxylic acid groups (broad SMARTS) is 1. The van der Waals surface area contributed by atoms with Crippen LogP contribution in [0.4, 0.5) is 4.79 Å². The van der Waals surface area contributed by atoms with Crippen LogP contribution in [-0.4, -0.2) is 62.1 Å². The summed E-state index contributed by atoms with van der Waals surface area (Å²) in [6, 6.07) is -1.74. The van der Waals surface area contributed by atoms with Crippen LogP contribution >= 0.6 is 0 Å². The van der Waals surface area contributed by atoms with Crippen LogP contribution in [0, 0.1) is 5.41 Å². The quantitative estimate of drug-likeness (QED) is 0.746. The van der Waals surface area contributed by atoms with E-state index in [0.717, 1.165) is 6.26 Å². The van der Waals surface area contributed by atoms with Gasteiger partial charge in [0.1, 0.15) is 15.9 Å². The first-order valence-electron chi connectivity index (χ1n) is 6.24. The van der Waals surface area contributed by atoms with Gasteiger partial charge in [0.25, 0.3) is 0 Å². The van der Waals surface area contributed by atoms with E-state index in [1.165, 1.54) is 4.90 Å². The normalized spacial score (nSPS) is 13.7. The number of carbonyl (C=O) groups excluding carboxylic acids is 1. The fraction of sp³-hybridized carbons (Fsp3) is 0.833. The molecule has 0 fully saturated rings. The molecule has 0 bridgehead atoms. The Bertz CT molecular complexity index is 453. The van der Waals surface area contributed by atoms with Gasteiger partial charge < -0.3 is 15.3 Å². The number of amides is 2. The first-order valence-corrected chi connectivity index (χ1v) is 8.30. The van der Waals surface area contributed by atoms with Gasteiger partial charge in [0.2, 0.25) is 0 Å². The molecular weight excluding hydrogens is 284 g/mol. The second kappa shape index (κ2) is 6.92. The molecule has 0 saturated heterocycles. The number of carbonyl (C=O) groups is 2. The molecule has 20 heavy (non-hydrogen) atoms. The molecule has 0 rings (SSSR count). The minimum Gasteiger partial charge on any atom is -0.480 e. The molecule has 7 nitrogen and oxygen atoms in total. The third-order valence-corrected chi connectivity index (χ3v) is 3.41. The fourth-order valence-corrected chi connectivity index (χ4v) is 2.30. The molecule has 0 heterocycles. The Morgan fingerprint density at radius 3 is 2.15 bits per heavy atom. The van der Waals surface area contributed by atoms with Crippen molar-refractivity contribution < 1.29 is 23.1 Å². The molecule has 118 valence electrons. The second-order valence-corrected chi connectivity index (χ2v) is 8.44. The number of sulfone groups is 1. The van der Waals surface area contributed by atoms with E-state index in [0.29, 0.717) is 6.54 Å². The average Bonchev–Trinajstić information content (AvgIpc) is 2.19. The molecule has 0 aliphatic heterocycles. The molecule has 2 amide bonds. The summed E-state index contributed by atoms with van der Waals surface area (Å²) in [6.45, 7) is 6.32. The smallest absolute Gasteiger partial charge is 0.326 e. The van der Waals surface area contributed by atoms with E-state index < -0.39 is 27.9 Å². The summed E-state index contributed by atoms with van der Waals surface area (Å²) < 4.78 is 22.1. The predicted molar refractivity (Wildman–Crippen MR) is 76.4 cm³/mol. The molecule has 0 saturated carbocycles. The van der Waals surface area contributed by atoms with E-state index in [1.54, 1.807) is 7.05 Å². The number of carboxylic acids is 1. The molecule has 1 unspecified atom stereocenters. The summed E-state index contributed by atoms with van der Waals surface area (Å²) in [6.07, 6.45) is 0.878. The van der Waals surface area contributed by atoms with Crippen molar-refractivity contribution in [3.8, 4) is 0 Å². The summed E-state index contributed by atoms with van der Waals surface area (Å²) in [4.78, 5) is 24.3. The third-order valence-electron chi connectivity index (χ3n) is 2.43. The van der Waals surface area contributed by atoms with Gasteiger partial charge >= 0.3 is 12.0 Å². The zero-order valence-corrected chi connectivity index (χ0v) is 13.5. The van der Waals surface area contributed by atoms with Crippen molar-refractivity contribution in [2.75, 3.05) is 25.6 Å². The van der Waals surface area contributed by atoms with Gasteiger partial charge in [0, 0.05) is 19.8 Å². The Labute approximate surface area is 120 Å². The van der Waals surface area contributed by atoms with E-state index in [4.69, 9.17) is 5.11 Å². The minimum absolute atomic E-state index is 0.114. The van der Waals surface area contributed by atoms with E-state index in [2.05, 4.69) is 5.32 Å². The van der Waals surface area contributed by atoms with Gasteiger partial charge in [-0.25, -0.2) is 18.0 Å². The molecule has 0 radical (unpaired) electrons. The van der Waals surface area contributed by atoms with Crippen molar-refractivity contribution in [1.82, 2.24) is 10.2 Å². The Kier molecular flexibility index (Phi) is 6.46. The SMILES string of the molecule is CN(CC(C)(C)C)C(=O)NC(CCS(C)(=O)=O)C(=O)O. The molecule has 1 atom stereocenters. The highest BCUT2D eigenvalue weighted by atomic mass is 32.2. The molecule has 8 heteroatoms. The van der Waals surface area contributed by atoms with Gasteiger partial charge in [-0.05, 0) is 11.8 Å². The maximum Gasteiger partial charge on any atom is 0.326 e. The minimum atomic E-state index is -3.27. The van der Waals surface area contributed by atoms with Crippen molar-refractivity contribution in [2.24, 2.45) is 5.41 Å². The van der Waals surface area contributed by atoms with Crippen LogP contribution in [0.2, 0.25) is 0 Å². The molecule has 0 aromatic carbocycles. The van der Waals surface area contributed by atoms with Gasteiger partial charge in [-0.15, -0.1) is 0 Å². The Hall–Kier alpha value is -1.31. The Morgan fingerprint density at radius 2 is 1.80 bits per heavy atom. The van der Waals surface area contributed by atoms with E-state index in [-0.39, 0.29) is 17.6 Å². The standard InChI is InChI=1S/C12H24N2O5S/c1-12(2,3)8-14(4)11(17)13-9(10(15)16)6-7-20(5,18)19/h9H,6-8H2,1-5H3,(H,13,17)(H,15,16). The lowest BCUT2D eigenvalue weighted by Crippen LogP contribution is -2.49. The van der Waals surface area contributed by atoms with Gasteiger partial charge in [-0.2, -0.15) is 0 Å². The first-order chi connectivity index (χ1) is 8.82. The highest BCUT2D eigenvalue weighted by Gasteiger charge is 2.24. The van der Waals surface area contributed by atoms with E-state index in [1.807, 2.05) is 20.8 Å². The van der Waals surface area contributed by atoms with Gasteiger partial charge in [-0.3, -0.25) is 0 Å². The lowest BCUT2D eigenvalue weighted by Gasteiger charge is -2.28. The van der Waals surface area contributed by atoms with E-state index in [9.17, 15) is 18.0 Å². The molecule has 0 spiro atoms. The topological polar surface area (TPSA) is 104 Å². The lowest BCUT2D eigenvalue weighted by molar-refractivity contribution is -0.139. The van der Waals surface area contributed by atoms with Crippen molar-refractivity contribution in [3.63, 3.8) is 0 Å². The number of aliphatic carboxylic acids is 1. The van der Waals surface area contributed by atoms with Crippen molar-refractivity contribution >= 4 is 21.8 Å². The monoisotopic (exact) mass is 308 g/mol. The van der Waals surface area contributed by atoms with Crippen molar-refractivity contribution in [3.05, 3.63) is 0 Å².